The zero-order valence-corrected chi connectivity index (χ0v) is 13.3. The van der Waals surface area contributed by atoms with E-state index in [1.54, 1.807) is 0 Å². The van der Waals surface area contributed by atoms with Crippen molar-refractivity contribution in [3.05, 3.63) is 41.6 Å². The Kier molecular flexibility index (Phi) is 4.27. The molecule has 4 nitrogen and oxygen atoms in total. The van der Waals surface area contributed by atoms with Crippen molar-refractivity contribution in [1.82, 2.24) is 15.1 Å². The molecule has 2 aromatic rings. The standard InChI is InChI=1S/C18H23N3O/c1-3-14-4-6-15(7-5-14)16-12-17(20-19-16)18(22)21-10-8-13(2)9-11-21/h4-7,12-13H,3,8-11H2,1-2H3,(H,19,20). The highest BCUT2D eigenvalue weighted by atomic mass is 16.2. The van der Waals surface area contributed by atoms with Gasteiger partial charge in [0.05, 0.1) is 5.69 Å². The van der Waals surface area contributed by atoms with Gasteiger partial charge in [-0.1, -0.05) is 38.1 Å². The van der Waals surface area contributed by atoms with Crippen LogP contribution in [-0.4, -0.2) is 34.1 Å². The maximum atomic E-state index is 12.5. The number of piperidine rings is 1. The number of H-pyrrole nitrogens is 1. The van der Waals surface area contributed by atoms with Crippen molar-refractivity contribution in [2.24, 2.45) is 5.92 Å². The molecular weight excluding hydrogens is 274 g/mol. The Morgan fingerprint density at radius 3 is 2.59 bits per heavy atom. The maximum absolute atomic E-state index is 12.5. The summed E-state index contributed by atoms with van der Waals surface area (Å²) in [6.07, 6.45) is 3.20. The van der Waals surface area contributed by atoms with Crippen molar-refractivity contribution in [3.8, 4) is 11.3 Å². The molecule has 3 rings (SSSR count). The zero-order chi connectivity index (χ0) is 15.5. The van der Waals surface area contributed by atoms with Crippen LogP contribution in [0.5, 0.6) is 0 Å². The molecule has 116 valence electrons. The lowest BCUT2D eigenvalue weighted by molar-refractivity contribution is 0.0691. The molecule has 1 fully saturated rings. The monoisotopic (exact) mass is 297 g/mol. The molecule has 0 atom stereocenters. The largest absolute Gasteiger partial charge is 0.337 e. The van der Waals surface area contributed by atoms with Crippen molar-refractivity contribution in [2.75, 3.05) is 13.1 Å². The molecule has 2 heterocycles. The Labute approximate surface area is 131 Å². The molecule has 0 unspecified atom stereocenters. The van der Waals surface area contributed by atoms with E-state index in [-0.39, 0.29) is 5.91 Å². The van der Waals surface area contributed by atoms with E-state index in [0.29, 0.717) is 5.69 Å². The highest BCUT2D eigenvalue weighted by Crippen LogP contribution is 2.21. The smallest absolute Gasteiger partial charge is 0.271 e. The van der Waals surface area contributed by atoms with Gasteiger partial charge < -0.3 is 4.90 Å². The summed E-state index contributed by atoms with van der Waals surface area (Å²) in [7, 11) is 0. The number of aryl methyl sites for hydroxylation is 1. The first-order valence-electron chi connectivity index (χ1n) is 8.11. The van der Waals surface area contributed by atoms with Crippen LogP contribution < -0.4 is 0 Å². The molecule has 1 aromatic heterocycles. The van der Waals surface area contributed by atoms with Gasteiger partial charge in [0.2, 0.25) is 0 Å². The average molecular weight is 297 g/mol. The molecule has 1 saturated heterocycles. The molecule has 1 aliphatic rings. The van der Waals surface area contributed by atoms with E-state index < -0.39 is 0 Å². The van der Waals surface area contributed by atoms with Gasteiger partial charge in [-0.2, -0.15) is 5.10 Å². The third-order valence-electron chi connectivity index (χ3n) is 4.54. The summed E-state index contributed by atoms with van der Waals surface area (Å²) >= 11 is 0. The minimum atomic E-state index is 0.0656. The summed E-state index contributed by atoms with van der Waals surface area (Å²) in [5, 5.41) is 7.20. The van der Waals surface area contributed by atoms with Gasteiger partial charge in [0.15, 0.2) is 0 Å². The molecule has 1 amide bonds. The van der Waals surface area contributed by atoms with Gasteiger partial charge in [0.25, 0.3) is 5.91 Å². The number of benzene rings is 1. The Bertz CT molecular complexity index is 637. The number of carbonyl (C=O) groups is 1. The molecule has 1 aliphatic heterocycles. The van der Waals surface area contributed by atoms with Crippen LogP contribution in [0.2, 0.25) is 0 Å². The molecule has 1 aromatic carbocycles. The quantitative estimate of drug-likeness (QED) is 0.942. The molecular formula is C18H23N3O. The van der Waals surface area contributed by atoms with Gasteiger partial charge in [-0.25, -0.2) is 0 Å². The number of aromatic amines is 1. The second kappa shape index (κ2) is 6.34. The lowest BCUT2D eigenvalue weighted by atomic mass is 9.99. The van der Waals surface area contributed by atoms with Gasteiger partial charge in [0.1, 0.15) is 5.69 Å². The third-order valence-corrected chi connectivity index (χ3v) is 4.54. The van der Waals surface area contributed by atoms with Crippen LogP contribution in [0.25, 0.3) is 11.3 Å². The molecule has 0 radical (unpaired) electrons. The van der Waals surface area contributed by atoms with Crippen molar-refractivity contribution in [3.63, 3.8) is 0 Å². The van der Waals surface area contributed by atoms with Crippen molar-refractivity contribution >= 4 is 5.91 Å². The van der Waals surface area contributed by atoms with E-state index in [1.807, 2.05) is 11.0 Å². The lowest BCUT2D eigenvalue weighted by Gasteiger charge is -2.29. The first-order valence-corrected chi connectivity index (χ1v) is 8.11. The van der Waals surface area contributed by atoms with Gasteiger partial charge in [-0.15, -0.1) is 0 Å². The molecule has 0 aliphatic carbocycles. The fourth-order valence-corrected chi connectivity index (χ4v) is 2.87. The minimum absolute atomic E-state index is 0.0656. The average Bonchev–Trinajstić information content (AvgIpc) is 3.05. The van der Waals surface area contributed by atoms with E-state index in [9.17, 15) is 4.79 Å². The fourth-order valence-electron chi connectivity index (χ4n) is 2.87. The normalized spacial score (nSPS) is 16.0. The second-order valence-electron chi connectivity index (χ2n) is 6.19. The first-order chi connectivity index (χ1) is 10.7. The van der Waals surface area contributed by atoms with Crippen LogP contribution in [0.4, 0.5) is 0 Å². The van der Waals surface area contributed by atoms with Crippen molar-refractivity contribution in [2.45, 2.75) is 33.1 Å². The topological polar surface area (TPSA) is 49.0 Å². The summed E-state index contributed by atoms with van der Waals surface area (Å²) in [5.74, 6) is 0.786. The van der Waals surface area contributed by atoms with E-state index >= 15 is 0 Å². The molecule has 0 spiro atoms. The second-order valence-corrected chi connectivity index (χ2v) is 6.19. The highest BCUT2D eigenvalue weighted by Gasteiger charge is 2.22. The Morgan fingerprint density at radius 2 is 1.95 bits per heavy atom. The number of nitrogens with zero attached hydrogens (tertiary/aromatic N) is 2. The number of aromatic nitrogens is 2. The van der Waals surface area contributed by atoms with Crippen molar-refractivity contribution < 1.29 is 4.79 Å². The molecule has 4 heteroatoms. The fraction of sp³-hybridized carbons (Fsp3) is 0.444. The molecule has 22 heavy (non-hydrogen) atoms. The predicted molar refractivity (Wildman–Crippen MR) is 87.7 cm³/mol. The lowest BCUT2D eigenvalue weighted by Crippen LogP contribution is -2.38. The van der Waals surface area contributed by atoms with Gasteiger partial charge in [-0.05, 0) is 36.8 Å². The van der Waals surface area contributed by atoms with E-state index in [1.165, 1.54) is 5.56 Å². The predicted octanol–water partition coefficient (Wildman–Crippen LogP) is 3.51. The molecule has 1 N–H and O–H groups in total. The van der Waals surface area contributed by atoms with Crippen LogP contribution in [-0.2, 0) is 6.42 Å². The summed E-state index contributed by atoms with van der Waals surface area (Å²) in [6.45, 7) is 6.08. The van der Waals surface area contributed by atoms with Crippen molar-refractivity contribution in [1.29, 1.82) is 0 Å². The Hall–Kier alpha value is -2.10. The van der Waals surface area contributed by atoms with E-state index in [0.717, 1.165) is 49.5 Å². The Balaban J connectivity index is 1.73. The third kappa shape index (κ3) is 3.06. The van der Waals surface area contributed by atoms with Crippen LogP contribution in [0.1, 0.15) is 42.7 Å². The van der Waals surface area contributed by atoms with E-state index in [2.05, 4.69) is 48.3 Å². The van der Waals surface area contributed by atoms with Gasteiger partial charge in [0, 0.05) is 18.7 Å². The van der Waals surface area contributed by atoms with Gasteiger partial charge in [-0.3, -0.25) is 9.89 Å². The molecule has 0 saturated carbocycles. The summed E-state index contributed by atoms with van der Waals surface area (Å²) < 4.78 is 0. The number of hydrogen-bond acceptors (Lipinski definition) is 2. The van der Waals surface area contributed by atoms with Gasteiger partial charge >= 0.3 is 0 Å². The Morgan fingerprint density at radius 1 is 1.27 bits per heavy atom. The number of likely N-dealkylation sites (tertiary alicyclic amines) is 1. The number of rotatable bonds is 3. The maximum Gasteiger partial charge on any atom is 0.271 e. The highest BCUT2D eigenvalue weighted by molar-refractivity contribution is 5.93. The van der Waals surface area contributed by atoms with Crippen LogP contribution in [0, 0.1) is 5.92 Å². The number of carbonyl (C=O) groups excluding carboxylic acids is 1. The summed E-state index contributed by atoms with van der Waals surface area (Å²) in [5.41, 5.74) is 3.76. The van der Waals surface area contributed by atoms with E-state index in [4.69, 9.17) is 0 Å². The zero-order valence-electron chi connectivity index (χ0n) is 13.3. The van der Waals surface area contributed by atoms with Crippen LogP contribution in [0.3, 0.4) is 0 Å². The molecule has 0 bridgehead atoms. The summed E-state index contributed by atoms with van der Waals surface area (Å²) in [6, 6.07) is 10.2. The summed E-state index contributed by atoms with van der Waals surface area (Å²) in [4.78, 5) is 14.4. The first kappa shape index (κ1) is 14.8. The van der Waals surface area contributed by atoms with Crippen LogP contribution in [0.15, 0.2) is 30.3 Å². The number of nitrogens with one attached hydrogen (secondary N) is 1. The number of hydrogen-bond donors (Lipinski definition) is 1. The minimum Gasteiger partial charge on any atom is -0.337 e. The number of amides is 1. The SMILES string of the molecule is CCc1ccc(-c2cc(C(=O)N3CCC(C)CC3)[nH]n2)cc1. The van der Waals surface area contributed by atoms with Crippen LogP contribution >= 0.6 is 0 Å².